The Bertz CT molecular complexity index is 378. The zero-order chi connectivity index (χ0) is 12.3. The molecule has 0 aromatic heterocycles. The lowest BCUT2D eigenvalue weighted by atomic mass is 10.1. The van der Waals surface area contributed by atoms with Crippen molar-refractivity contribution in [2.75, 3.05) is 6.54 Å². The first kappa shape index (κ1) is 12.9. The second-order valence-electron chi connectivity index (χ2n) is 4.88. The number of halogens is 1. The van der Waals surface area contributed by atoms with Crippen LogP contribution in [0.15, 0.2) is 18.2 Å². The van der Waals surface area contributed by atoms with Crippen molar-refractivity contribution >= 4 is 11.6 Å². The van der Waals surface area contributed by atoms with Crippen LogP contribution in [0.1, 0.15) is 43.4 Å². The standard InChI is InChI=1S/C14H20ClNO/c1-10(17)3-2-8-16-14-7-4-11-9-12(15)5-6-13(11)14/h5-6,9-10,14,16-17H,2-4,7-8H2,1H3. The molecule has 1 aromatic carbocycles. The van der Waals surface area contributed by atoms with Crippen LogP contribution < -0.4 is 5.32 Å². The summed E-state index contributed by atoms with van der Waals surface area (Å²) >= 11 is 5.98. The van der Waals surface area contributed by atoms with E-state index in [9.17, 15) is 5.11 Å². The predicted molar refractivity (Wildman–Crippen MR) is 71.4 cm³/mol. The molecule has 2 rings (SSSR count). The number of aliphatic hydroxyl groups excluding tert-OH is 1. The summed E-state index contributed by atoms with van der Waals surface area (Å²) in [6, 6.07) is 6.65. The van der Waals surface area contributed by atoms with Gasteiger partial charge < -0.3 is 10.4 Å². The van der Waals surface area contributed by atoms with E-state index in [0.717, 1.165) is 37.3 Å². The van der Waals surface area contributed by atoms with E-state index in [1.807, 2.05) is 13.0 Å². The van der Waals surface area contributed by atoms with Gasteiger partial charge in [0.05, 0.1) is 6.10 Å². The van der Waals surface area contributed by atoms with Crippen LogP contribution in [0.2, 0.25) is 5.02 Å². The van der Waals surface area contributed by atoms with Gasteiger partial charge in [-0.1, -0.05) is 17.7 Å². The van der Waals surface area contributed by atoms with Crippen molar-refractivity contribution in [2.45, 2.75) is 44.8 Å². The average molecular weight is 254 g/mol. The van der Waals surface area contributed by atoms with Gasteiger partial charge in [-0.05, 0) is 62.4 Å². The van der Waals surface area contributed by atoms with E-state index < -0.39 is 0 Å². The summed E-state index contributed by atoms with van der Waals surface area (Å²) in [6.07, 6.45) is 3.98. The zero-order valence-electron chi connectivity index (χ0n) is 10.2. The highest BCUT2D eigenvalue weighted by molar-refractivity contribution is 6.30. The van der Waals surface area contributed by atoms with Crippen molar-refractivity contribution in [1.29, 1.82) is 0 Å². The summed E-state index contributed by atoms with van der Waals surface area (Å²) < 4.78 is 0. The third kappa shape index (κ3) is 3.44. The van der Waals surface area contributed by atoms with Crippen molar-refractivity contribution in [1.82, 2.24) is 5.32 Å². The van der Waals surface area contributed by atoms with Gasteiger partial charge in [-0.15, -0.1) is 0 Å². The highest BCUT2D eigenvalue weighted by atomic mass is 35.5. The molecule has 0 radical (unpaired) electrons. The molecule has 1 aliphatic rings. The highest BCUT2D eigenvalue weighted by Gasteiger charge is 2.21. The Morgan fingerprint density at radius 2 is 2.35 bits per heavy atom. The van der Waals surface area contributed by atoms with Gasteiger partial charge in [0.2, 0.25) is 0 Å². The molecular formula is C14H20ClNO. The number of benzene rings is 1. The quantitative estimate of drug-likeness (QED) is 0.791. The molecule has 0 aliphatic heterocycles. The molecule has 1 aliphatic carbocycles. The van der Waals surface area contributed by atoms with Crippen molar-refractivity contribution in [3.8, 4) is 0 Å². The van der Waals surface area contributed by atoms with Crippen LogP contribution in [-0.4, -0.2) is 17.8 Å². The Morgan fingerprint density at radius 1 is 1.53 bits per heavy atom. The first-order valence-corrected chi connectivity index (χ1v) is 6.74. The van der Waals surface area contributed by atoms with Crippen LogP contribution in [0.3, 0.4) is 0 Å². The zero-order valence-corrected chi connectivity index (χ0v) is 11.0. The molecule has 0 saturated carbocycles. The van der Waals surface area contributed by atoms with Gasteiger partial charge in [-0.3, -0.25) is 0 Å². The Kier molecular flexibility index (Phi) is 4.43. The number of rotatable bonds is 5. The van der Waals surface area contributed by atoms with Crippen molar-refractivity contribution in [2.24, 2.45) is 0 Å². The summed E-state index contributed by atoms with van der Waals surface area (Å²) in [7, 11) is 0. The molecule has 2 atom stereocenters. The van der Waals surface area contributed by atoms with E-state index in [4.69, 9.17) is 11.6 Å². The second kappa shape index (κ2) is 5.85. The topological polar surface area (TPSA) is 32.3 Å². The first-order chi connectivity index (χ1) is 8.16. The lowest BCUT2D eigenvalue weighted by molar-refractivity contribution is 0.181. The van der Waals surface area contributed by atoms with Gasteiger partial charge in [0, 0.05) is 11.1 Å². The molecule has 3 heteroatoms. The molecule has 0 spiro atoms. The monoisotopic (exact) mass is 253 g/mol. The summed E-state index contributed by atoms with van der Waals surface area (Å²) in [5.74, 6) is 0. The van der Waals surface area contributed by atoms with E-state index >= 15 is 0 Å². The molecular weight excluding hydrogens is 234 g/mol. The number of hydrogen-bond acceptors (Lipinski definition) is 2. The maximum Gasteiger partial charge on any atom is 0.0512 e. The minimum absolute atomic E-state index is 0.188. The normalized spacial score (nSPS) is 20.3. The van der Waals surface area contributed by atoms with Crippen LogP contribution in [0.5, 0.6) is 0 Å². The Labute approximate surface area is 108 Å². The van der Waals surface area contributed by atoms with E-state index in [0.29, 0.717) is 6.04 Å². The third-order valence-electron chi connectivity index (χ3n) is 3.37. The smallest absolute Gasteiger partial charge is 0.0512 e. The Morgan fingerprint density at radius 3 is 3.12 bits per heavy atom. The summed E-state index contributed by atoms with van der Waals surface area (Å²) in [5, 5.41) is 13.6. The van der Waals surface area contributed by atoms with Crippen LogP contribution in [0.25, 0.3) is 0 Å². The van der Waals surface area contributed by atoms with Crippen molar-refractivity contribution in [3.63, 3.8) is 0 Å². The van der Waals surface area contributed by atoms with Crippen molar-refractivity contribution < 1.29 is 5.11 Å². The fourth-order valence-corrected chi connectivity index (χ4v) is 2.67. The molecule has 94 valence electrons. The van der Waals surface area contributed by atoms with Crippen molar-refractivity contribution in [3.05, 3.63) is 34.3 Å². The fraction of sp³-hybridized carbons (Fsp3) is 0.571. The van der Waals surface area contributed by atoms with Gasteiger partial charge in [0.25, 0.3) is 0 Å². The highest BCUT2D eigenvalue weighted by Crippen LogP contribution is 2.32. The summed E-state index contributed by atoms with van der Waals surface area (Å²) in [5.41, 5.74) is 2.77. The molecule has 1 aromatic rings. The van der Waals surface area contributed by atoms with Gasteiger partial charge in [-0.2, -0.15) is 0 Å². The maximum atomic E-state index is 9.19. The second-order valence-corrected chi connectivity index (χ2v) is 5.32. The molecule has 0 saturated heterocycles. The van der Waals surface area contributed by atoms with Crippen LogP contribution in [0, 0.1) is 0 Å². The summed E-state index contributed by atoms with van der Waals surface area (Å²) in [6.45, 7) is 2.81. The van der Waals surface area contributed by atoms with Crippen LogP contribution in [-0.2, 0) is 6.42 Å². The minimum atomic E-state index is -0.188. The average Bonchev–Trinajstić information content (AvgIpc) is 2.66. The molecule has 0 fully saturated rings. The number of fused-ring (bicyclic) bond motifs is 1. The Balaban J connectivity index is 1.85. The third-order valence-corrected chi connectivity index (χ3v) is 3.61. The Hall–Kier alpha value is -0.570. The molecule has 0 heterocycles. The molecule has 17 heavy (non-hydrogen) atoms. The number of hydrogen-bond donors (Lipinski definition) is 2. The van der Waals surface area contributed by atoms with Crippen LogP contribution >= 0.6 is 11.6 Å². The predicted octanol–water partition coefficient (Wildman–Crippen LogP) is 3.08. The SMILES string of the molecule is CC(O)CCCNC1CCc2cc(Cl)ccc21. The van der Waals surface area contributed by atoms with E-state index in [1.165, 1.54) is 11.1 Å². The van der Waals surface area contributed by atoms with Gasteiger partial charge in [0.15, 0.2) is 0 Å². The number of aliphatic hydroxyl groups is 1. The molecule has 2 nitrogen and oxygen atoms in total. The van der Waals surface area contributed by atoms with E-state index in [1.54, 1.807) is 0 Å². The molecule has 2 unspecified atom stereocenters. The summed E-state index contributed by atoms with van der Waals surface area (Å²) in [4.78, 5) is 0. The van der Waals surface area contributed by atoms with E-state index in [-0.39, 0.29) is 6.10 Å². The number of nitrogens with one attached hydrogen (secondary N) is 1. The van der Waals surface area contributed by atoms with Gasteiger partial charge in [-0.25, -0.2) is 0 Å². The fourth-order valence-electron chi connectivity index (χ4n) is 2.47. The lowest BCUT2D eigenvalue weighted by Gasteiger charge is -2.14. The molecule has 0 bridgehead atoms. The molecule has 2 N–H and O–H groups in total. The largest absolute Gasteiger partial charge is 0.393 e. The lowest BCUT2D eigenvalue weighted by Crippen LogP contribution is -2.21. The van der Waals surface area contributed by atoms with Crippen LogP contribution in [0.4, 0.5) is 0 Å². The van der Waals surface area contributed by atoms with E-state index in [2.05, 4.69) is 17.4 Å². The maximum absolute atomic E-state index is 9.19. The first-order valence-electron chi connectivity index (χ1n) is 6.36. The molecule has 0 amide bonds. The van der Waals surface area contributed by atoms with Gasteiger partial charge in [0.1, 0.15) is 0 Å². The minimum Gasteiger partial charge on any atom is -0.393 e. The van der Waals surface area contributed by atoms with Gasteiger partial charge >= 0.3 is 0 Å². The number of aryl methyl sites for hydroxylation is 1.